The topological polar surface area (TPSA) is 76.6 Å². The van der Waals surface area contributed by atoms with Crippen molar-refractivity contribution in [3.63, 3.8) is 0 Å². The van der Waals surface area contributed by atoms with E-state index in [-0.39, 0.29) is 17.8 Å². The fourth-order valence-electron chi connectivity index (χ4n) is 3.21. The van der Waals surface area contributed by atoms with Crippen LogP contribution in [0.1, 0.15) is 16.8 Å². The van der Waals surface area contributed by atoms with Gasteiger partial charge in [-0.3, -0.25) is 4.79 Å². The second-order valence-electron chi connectivity index (χ2n) is 6.58. The van der Waals surface area contributed by atoms with E-state index in [2.05, 4.69) is 15.3 Å². The molecule has 4 rings (SSSR count). The highest BCUT2D eigenvalue weighted by molar-refractivity contribution is 5.95. The largest absolute Gasteiger partial charge is 0.379 e. The van der Waals surface area contributed by atoms with E-state index in [9.17, 15) is 9.18 Å². The van der Waals surface area contributed by atoms with Gasteiger partial charge in [-0.05, 0) is 18.6 Å². The van der Waals surface area contributed by atoms with E-state index >= 15 is 0 Å². The van der Waals surface area contributed by atoms with E-state index in [0.29, 0.717) is 56.5 Å². The maximum Gasteiger partial charge on any atom is 0.251 e. The number of benzene rings is 1. The van der Waals surface area contributed by atoms with Crippen LogP contribution in [-0.2, 0) is 9.47 Å². The van der Waals surface area contributed by atoms with Gasteiger partial charge < -0.3 is 19.7 Å². The Balaban J connectivity index is 1.57. The van der Waals surface area contributed by atoms with Gasteiger partial charge in [0.05, 0.1) is 32.1 Å². The molecule has 2 aromatic rings. The van der Waals surface area contributed by atoms with Crippen molar-refractivity contribution in [3.05, 3.63) is 41.8 Å². The first-order valence-electron chi connectivity index (χ1n) is 9.05. The van der Waals surface area contributed by atoms with Gasteiger partial charge in [0.1, 0.15) is 0 Å². The number of nitrogens with one attached hydrogen (secondary N) is 1. The summed E-state index contributed by atoms with van der Waals surface area (Å²) in [6, 6.07) is 7.08. The van der Waals surface area contributed by atoms with Crippen molar-refractivity contribution >= 4 is 11.7 Å². The SMILES string of the molecule is O=C(N[C@@H]1CCOC1)c1cccc(-c2ncc(F)c(N3CCOCC3)n2)c1. The number of halogens is 1. The molecule has 0 radical (unpaired) electrons. The third-order valence-corrected chi connectivity index (χ3v) is 4.68. The zero-order valence-electron chi connectivity index (χ0n) is 14.9. The Morgan fingerprint density at radius 2 is 2.07 bits per heavy atom. The second-order valence-corrected chi connectivity index (χ2v) is 6.58. The zero-order chi connectivity index (χ0) is 18.6. The molecule has 1 aromatic heterocycles. The molecule has 8 heteroatoms. The van der Waals surface area contributed by atoms with Gasteiger partial charge in [-0.15, -0.1) is 0 Å². The highest BCUT2D eigenvalue weighted by Crippen LogP contribution is 2.23. The number of anilines is 1. The third-order valence-electron chi connectivity index (χ3n) is 4.68. The molecule has 0 spiro atoms. The molecule has 1 atom stereocenters. The van der Waals surface area contributed by atoms with E-state index < -0.39 is 5.82 Å². The number of ether oxygens (including phenoxy) is 2. The monoisotopic (exact) mass is 372 g/mol. The van der Waals surface area contributed by atoms with Gasteiger partial charge in [-0.2, -0.15) is 0 Å². The first-order valence-corrected chi connectivity index (χ1v) is 9.05. The molecule has 142 valence electrons. The summed E-state index contributed by atoms with van der Waals surface area (Å²) in [5.74, 6) is 0.0247. The molecule has 2 aliphatic rings. The summed E-state index contributed by atoms with van der Waals surface area (Å²) in [5, 5.41) is 2.96. The number of morpholine rings is 1. The lowest BCUT2D eigenvalue weighted by Gasteiger charge is -2.28. The Morgan fingerprint density at radius 3 is 2.85 bits per heavy atom. The Morgan fingerprint density at radius 1 is 1.22 bits per heavy atom. The van der Waals surface area contributed by atoms with E-state index in [1.54, 1.807) is 18.2 Å². The summed E-state index contributed by atoms with van der Waals surface area (Å²) in [7, 11) is 0. The quantitative estimate of drug-likeness (QED) is 0.879. The Hall–Kier alpha value is -2.58. The molecule has 1 amide bonds. The number of carbonyl (C=O) groups is 1. The average Bonchev–Trinajstić information content (AvgIpc) is 3.22. The Kier molecular flexibility index (Phi) is 5.26. The van der Waals surface area contributed by atoms with Crippen LogP contribution in [0.4, 0.5) is 10.2 Å². The average molecular weight is 372 g/mol. The molecule has 3 heterocycles. The first kappa shape index (κ1) is 17.8. The van der Waals surface area contributed by atoms with Crippen molar-refractivity contribution in [2.24, 2.45) is 0 Å². The van der Waals surface area contributed by atoms with E-state index in [1.165, 1.54) is 6.20 Å². The normalized spacial score (nSPS) is 19.9. The van der Waals surface area contributed by atoms with Crippen LogP contribution in [-0.4, -0.2) is 61.4 Å². The van der Waals surface area contributed by atoms with Gasteiger partial charge in [-0.25, -0.2) is 14.4 Å². The minimum atomic E-state index is -0.462. The molecule has 2 saturated heterocycles. The summed E-state index contributed by atoms with van der Waals surface area (Å²) >= 11 is 0. The lowest BCUT2D eigenvalue weighted by atomic mass is 10.1. The lowest BCUT2D eigenvalue weighted by Crippen LogP contribution is -2.37. The zero-order valence-corrected chi connectivity index (χ0v) is 14.9. The van der Waals surface area contributed by atoms with Crippen LogP contribution in [0.2, 0.25) is 0 Å². The fourth-order valence-corrected chi connectivity index (χ4v) is 3.21. The Bertz CT molecular complexity index is 820. The fraction of sp³-hybridized carbons (Fsp3) is 0.421. The molecule has 0 unspecified atom stereocenters. The molecular weight excluding hydrogens is 351 g/mol. The standard InChI is InChI=1S/C19H21FN4O3/c20-16-11-21-17(23-18(16)24-5-8-26-9-6-24)13-2-1-3-14(10-13)19(25)22-15-4-7-27-12-15/h1-3,10-11,15H,4-9,12H2,(H,22,25)/t15-/m1/s1. The smallest absolute Gasteiger partial charge is 0.251 e. The number of amides is 1. The summed E-state index contributed by atoms with van der Waals surface area (Å²) in [5.41, 5.74) is 1.18. The van der Waals surface area contributed by atoms with Crippen molar-refractivity contribution in [2.45, 2.75) is 12.5 Å². The molecule has 0 saturated carbocycles. The number of hydrogen-bond donors (Lipinski definition) is 1. The number of nitrogens with zero attached hydrogens (tertiary/aromatic N) is 3. The highest BCUT2D eigenvalue weighted by Gasteiger charge is 2.20. The summed E-state index contributed by atoms with van der Waals surface area (Å²) in [4.78, 5) is 22.8. The van der Waals surface area contributed by atoms with Gasteiger partial charge in [0.25, 0.3) is 5.91 Å². The van der Waals surface area contributed by atoms with Crippen LogP contribution in [0.15, 0.2) is 30.5 Å². The van der Waals surface area contributed by atoms with Crippen LogP contribution in [0.5, 0.6) is 0 Å². The molecule has 2 aliphatic heterocycles. The van der Waals surface area contributed by atoms with Gasteiger partial charge in [0, 0.05) is 30.8 Å². The Labute approximate surface area is 156 Å². The number of hydrogen-bond acceptors (Lipinski definition) is 6. The van der Waals surface area contributed by atoms with E-state index in [4.69, 9.17) is 9.47 Å². The predicted molar refractivity (Wildman–Crippen MR) is 97.1 cm³/mol. The van der Waals surface area contributed by atoms with Gasteiger partial charge >= 0.3 is 0 Å². The van der Waals surface area contributed by atoms with Crippen molar-refractivity contribution in [1.29, 1.82) is 0 Å². The van der Waals surface area contributed by atoms with Crippen LogP contribution in [0, 0.1) is 5.82 Å². The van der Waals surface area contributed by atoms with Gasteiger partial charge in [0.2, 0.25) is 0 Å². The van der Waals surface area contributed by atoms with Crippen LogP contribution >= 0.6 is 0 Å². The maximum atomic E-state index is 14.2. The molecule has 2 fully saturated rings. The first-order chi connectivity index (χ1) is 13.2. The van der Waals surface area contributed by atoms with Crippen LogP contribution in [0.25, 0.3) is 11.4 Å². The van der Waals surface area contributed by atoms with Gasteiger partial charge in [0.15, 0.2) is 17.5 Å². The molecule has 1 N–H and O–H groups in total. The minimum absolute atomic E-state index is 0.0381. The molecule has 0 bridgehead atoms. The van der Waals surface area contributed by atoms with E-state index in [1.807, 2.05) is 11.0 Å². The summed E-state index contributed by atoms with van der Waals surface area (Å²) < 4.78 is 24.8. The van der Waals surface area contributed by atoms with Crippen molar-refractivity contribution in [3.8, 4) is 11.4 Å². The minimum Gasteiger partial charge on any atom is -0.379 e. The molecule has 1 aromatic carbocycles. The predicted octanol–water partition coefficient (Wildman–Crippen LogP) is 1.64. The summed E-state index contributed by atoms with van der Waals surface area (Å²) in [6.45, 7) is 3.45. The van der Waals surface area contributed by atoms with Gasteiger partial charge in [-0.1, -0.05) is 12.1 Å². The molecule has 0 aliphatic carbocycles. The summed E-state index contributed by atoms with van der Waals surface area (Å²) in [6.07, 6.45) is 1.99. The number of rotatable bonds is 4. The second kappa shape index (κ2) is 7.98. The van der Waals surface area contributed by atoms with Crippen molar-refractivity contribution in [2.75, 3.05) is 44.4 Å². The van der Waals surface area contributed by atoms with Crippen LogP contribution < -0.4 is 10.2 Å². The van der Waals surface area contributed by atoms with Crippen molar-refractivity contribution in [1.82, 2.24) is 15.3 Å². The highest BCUT2D eigenvalue weighted by atomic mass is 19.1. The molecule has 7 nitrogen and oxygen atoms in total. The number of aromatic nitrogens is 2. The number of carbonyl (C=O) groups excluding carboxylic acids is 1. The van der Waals surface area contributed by atoms with Crippen LogP contribution in [0.3, 0.4) is 0 Å². The lowest BCUT2D eigenvalue weighted by molar-refractivity contribution is 0.0930. The van der Waals surface area contributed by atoms with Crippen molar-refractivity contribution < 1.29 is 18.7 Å². The third kappa shape index (κ3) is 4.06. The molecule has 27 heavy (non-hydrogen) atoms. The van der Waals surface area contributed by atoms with E-state index in [0.717, 1.165) is 6.42 Å². The molecular formula is C19H21FN4O3. The maximum absolute atomic E-state index is 14.2.